The lowest BCUT2D eigenvalue weighted by molar-refractivity contribution is 0.625. The van der Waals surface area contributed by atoms with Gasteiger partial charge in [0.05, 0.1) is 6.20 Å². The summed E-state index contributed by atoms with van der Waals surface area (Å²) in [6.45, 7) is 0. The van der Waals surface area contributed by atoms with Crippen LogP contribution in [0.5, 0.6) is 0 Å². The van der Waals surface area contributed by atoms with E-state index in [-0.39, 0.29) is 5.56 Å². The van der Waals surface area contributed by atoms with Gasteiger partial charge in [-0.3, -0.25) is 9.48 Å². The number of nitrogens with one attached hydrogen (secondary N) is 1. The molecule has 0 aliphatic carbocycles. The number of benzene rings is 1. The minimum Gasteiger partial charge on any atom is -0.306 e. The molecule has 2 aromatic heterocycles. The maximum atomic E-state index is 13.6. The number of H-pyrrole nitrogens is 1. The summed E-state index contributed by atoms with van der Waals surface area (Å²) >= 11 is 5.82. The van der Waals surface area contributed by atoms with Gasteiger partial charge in [-0.15, -0.1) is 0 Å². The number of hydrogen-bond donors (Lipinski definition) is 1. The molecule has 1 aromatic carbocycles. The molecule has 7 heteroatoms. The van der Waals surface area contributed by atoms with E-state index in [1.165, 1.54) is 41.2 Å². The van der Waals surface area contributed by atoms with Gasteiger partial charge in [-0.05, 0) is 30.4 Å². The van der Waals surface area contributed by atoms with E-state index in [1.54, 1.807) is 7.05 Å². The summed E-state index contributed by atoms with van der Waals surface area (Å²) in [5, 5.41) is 4.81. The molecule has 2 heterocycles. The summed E-state index contributed by atoms with van der Waals surface area (Å²) in [4.78, 5) is 18.7. The SMILES string of the molecule is Cn1ncc2c(=O)[nH]c(C=Cc3cc(Cl)ccc3F)nc21. The quantitative estimate of drug-likeness (QED) is 0.791. The molecule has 0 saturated heterocycles. The molecular weight excluding hydrogens is 295 g/mol. The Hall–Kier alpha value is -2.47. The van der Waals surface area contributed by atoms with Crippen molar-refractivity contribution in [3.05, 3.63) is 57.0 Å². The third kappa shape index (κ3) is 2.57. The molecule has 106 valence electrons. The van der Waals surface area contributed by atoms with Gasteiger partial charge in [0.2, 0.25) is 0 Å². The zero-order valence-electron chi connectivity index (χ0n) is 11.0. The van der Waals surface area contributed by atoms with Crippen molar-refractivity contribution < 1.29 is 4.39 Å². The van der Waals surface area contributed by atoms with Gasteiger partial charge in [0, 0.05) is 17.6 Å². The smallest absolute Gasteiger partial charge is 0.262 e. The summed E-state index contributed by atoms with van der Waals surface area (Å²) in [6, 6.07) is 4.24. The number of nitrogens with zero attached hydrogens (tertiary/aromatic N) is 3. The summed E-state index contributed by atoms with van der Waals surface area (Å²) in [7, 11) is 1.69. The molecule has 5 nitrogen and oxygen atoms in total. The molecule has 21 heavy (non-hydrogen) atoms. The van der Waals surface area contributed by atoms with Crippen LogP contribution in [0, 0.1) is 5.82 Å². The molecule has 3 rings (SSSR count). The van der Waals surface area contributed by atoms with Crippen LogP contribution >= 0.6 is 11.6 Å². The van der Waals surface area contributed by atoms with E-state index in [0.29, 0.717) is 27.4 Å². The van der Waals surface area contributed by atoms with Gasteiger partial charge in [-0.25, -0.2) is 9.37 Å². The fourth-order valence-electron chi connectivity index (χ4n) is 1.94. The van der Waals surface area contributed by atoms with Crippen LogP contribution in [0.4, 0.5) is 4.39 Å². The molecule has 0 radical (unpaired) electrons. The second kappa shape index (κ2) is 5.14. The van der Waals surface area contributed by atoms with Crippen molar-refractivity contribution in [3.8, 4) is 0 Å². The largest absolute Gasteiger partial charge is 0.306 e. The number of rotatable bonds is 2. The fourth-order valence-corrected chi connectivity index (χ4v) is 2.12. The Morgan fingerprint density at radius 1 is 1.38 bits per heavy atom. The Morgan fingerprint density at radius 3 is 3.00 bits per heavy atom. The first kappa shape index (κ1) is 13.5. The first-order valence-electron chi connectivity index (χ1n) is 6.10. The van der Waals surface area contributed by atoms with Crippen molar-refractivity contribution >= 4 is 34.8 Å². The van der Waals surface area contributed by atoms with Crippen molar-refractivity contribution in [1.82, 2.24) is 19.7 Å². The average Bonchev–Trinajstić information content (AvgIpc) is 2.82. The highest BCUT2D eigenvalue weighted by Crippen LogP contribution is 2.17. The third-order valence-corrected chi connectivity index (χ3v) is 3.23. The topological polar surface area (TPSA) is 63.6 Å². The van der Waals surface area contributed by atoms with Gasteiger partial charge in [0.25, 0.3) is 5.56 Å². The number of aryl methyl sites for hydroxylation is 1. The van der Waals surface area contributed by atoms with Crippen LogP contribution in [0.15, 0.2) is 29.2 Å². The minimum absolute atomic E-state index is 0.292. The number of aromatic amines is 1. The molecule has 0 aliphatic heterocycles. The Balaban J connectivity index is 2.05. The van der Waals surface area contributed by atoms with E-state index >= 15 is 0 Å². The number of aromatic nitrogens is 4. The Bertz CT molecular complexity index is 913. The summed E-state index contributed by atoms with van der Waals surface area (Å²) in [6.07, 6.45) is 4.47. The van der Waals surface area contributed by atoms with Gasteiger partial charge < -0.3 is 4.98 Å². The summed E-state index contributed by atoms with van der Waals surface area (Å²) in [5.74, 6) is -0.0879. The highest BCUT2D eigenvalue weighted by atomic mass is 35.5. The second-order valence-corrected chi connectivity index (χ2v) is 4.89. The minimum atomic E-state index is -0.403. The molecule has 1 N–H and O–H groups in total. The van der Waals surface area contributed by atoms with Gasteiger partial charge >= 0.3 is 0 Å². The van der Waals surface area contributed by atoms with Crippen LogP contribution in [0.25, 0.3) is 23.2 Å². The van der Waals surface area contributed by atoms with E-state index in [1.807, 2.05) is 0 Å². The molecule has 0 spiro atoms. The number of hydrogen-bond acceptors (Lipinski definition) is 3. The molecule has 0 fully saturated rings. The van der Waals surface area contributed by atoms with Gasteiger partial charge in [0.15, 0.2) is 5.65 Å². The van der Waals surface area contributed by atoms with Crippen LogP contribution in [0.3, 0.4) is 0 Å². The first-order chi connectivity index (χ1) is 10.0. The van der Waals surface area contributed by atoms with Gasteiger partial charge in [-0.1, -0.05) is 11.6 Å². The zero-order valence-corrected chi connectivity index (χ0v) is 11.7. The number of fused-ring (bicyclic) bond motifs is 1. The van der Waals surface area contributed by atoms with Crippen LogP contribution in [0.2, 0.25) is 5.02 Å². The molecule has 0 aliphatic rings. The van der Waals surface area contributed by atoms with E-state index in [9.17, 15) is 9.18 Å². The van der Waals surface area contributed by atoms with Crippen LogP contribution < -0.4 is 5.56 Å². The van der Waals surface area contributed by atoms with Crippen molar-refractivity contribution in [2.45, 2.75) is 0 Å². The Morgan fingerprint density at radius 2 is 2.19 bits per heavy atom. The molecule has 0 amide bonds. The van der Waals surface area contributed by atoms with E-state index in [2.05, 4.69) is 15.1 Å². The van der Waals surface area contributed by atoms with E-state index in [0.717, 1.165) is 0 Å². The maximum Gasteiger partial charge on any atom is 0.262 e. The lowest BCUT2D eigenvalue weighted by atomic mass is 10.2. The number of halogens is 2. The predicted octanol–water partition coefficient (Wildman–Crippen LogP) is 2.62. The molecule has 0 saturated carbocycles. The van der Waals surface area contributed by atoms with Crippen molar-refractivity contribution in [2.75, 3.05) is 0 Å². The average molecular weight is 305 g/mol. The van der Waals surface area contributed by atoms with Crippen molar-refractivity contribution in [3.63, 3.8) is 0 Å². The highest BCUT2D eigenvalue weighted by molar-refractivity contribution is 6.30. The molecular formula is C14H10ClFN4O. The van der Waals surface area contributed by atoms with Crippen molar-refractivity contribution in [2.24, 2.45) is 7.05 Å². The molecule has 0 unspecified atom stereocenters. The van der Waals surface area contributed by atoms with Gasteiger partial charge in [0.1, 0.15) is 17.0 Å². The van der Waals surface area contributed by atoms with Crippen LogP contribution in [0.1, 0.15) is 11.4 Å². The monoisotopic (exact) mass is 304 g/mol. The Labute approximate surface area is 123 Å². The lowest BCUT2D eigenvalue weighted by Gasteiger charge is -1.99. The first-order valence-corrected chi connectivity index (χ1v) is 6.47. The second-order valence-electron chi connectivity index (χ2n) is 4.46. The van der Waals surface area contributed by atoms with Crippen molar-refractivity contribution in [1.29, 1.82) is 0 Å². The lowest BCUT2D eigenvalue weighted by Crippen LogP contribution is -2.09. The standard InChI is InChI=1S/C14H10ClFN4O/c1-20-13-10(7-17-20)14(21)19-12(18-13)5-2-8-6-9(15)3-4-11(8)16/h2-7H,1H3,(H,18,19,21). The normalized spacial score (nSPS) is 11.6. The van der Waals surface area contributed by atoms with Crippen LogP contribution in [-0.4, -0.2) is 19.7 Å². The van der Waals surface area contributed by atoms with E-state index < -0.39 is 5.82 Å². The molecule has 0 bridgehead atoms. The van der Waals surface area contributed by atoms with Gasteiger partial charge in [-0.2, -0.15) is 5.10 Å². The highest BCUT2D eigenvalue weighted by Gasteiger charge is 2.06. The molecule has 0 atom stereocenters. The molecule has 3 aromatic rings. The predicted molar refractivity (Wildman–Crippen MR) is 79.5 cm³/mol. The fraction of sp³-hybridized carbons (Fsp3) is 0.0714. The third-order valence-electron chi connectivity index (χ3n) is 3.00. The zero-order chi connectivity index (χ0) is 15.0. The van der Waals surface area contributed by atoms with E-state index in [4.69, 9.17) is 11.6 Å². The van der Waals surface area contributed by atoms with Crippen LogP contribution in [-0.2, 0) is 7.05 Å². The summed E-state index contributed by atoms with van der Waals surface area (Å²) < 4.78 is 15.1. The Kier molecular flexibility index (Phi) is 3.31. The summed E-state index contributed by atoms with van der Waals surface area (Å²) in [5.41, 5.74) is 0.486. The maximum absolute atomic E-state index is 13.6.